The predicted octanol–water partition coefficient (Wildman–Crippen LogP) is 3.04. The van der Waals surface area contributed by atoms with Gasteiger partial charge in [-0.15, -0.1) is 11.3 Å². The lowest BCUT2D eigenvalue weighted by atomic mass is 10.0. The van der Waals surface area contributed by atoms with Crippen LogP contribution in [-0.4, -0.2) is 117 Å². The van der Waals surface area contributed by atoms with Crippen LogP contribution in [0.25, 0.3) is 21.5 Å². The van der Waals surface area contributed by atoms with Gasteiger partial charge in [0.1, 0.15) is 5.69 Å². The summed E-state index contributed by atoms with van der Waals surface area (Å²) in [5.41, 5.74) is 3.80. The van der Waals surface area contributed by atoms with Crippen LogP contribution in [0.3, 0.4) is 0 Å². The van der Waals surface area contributed by atoms with E-state index >= 15 is 0 Å². The van der Waals surface area contributed by atoms with Gasteiger partial charge in [-0.1, -0.05) is 0 Å². The van der Waals surface area contributed by atoms with E-state index < -0.39 is 10.0 Å². The Balaban J connectivity index is 1.29. The van der Waals surface area contributed by atoms with E-state index in [2.05, 4.69) is 43.6 Å². The molecule has 0 aliphatic carbocycles. The molecule has 3 fully saturated rings. The quantitative estimate of drug-likeness (QED) is 0.395. The molecule has 12 nitrogen and oxygen atoms in total. The summed E-state index contributed by atoms with van der Waals surface area (Å²) in [5, 5.41) is 2.19. The maximum absolute atomic E-state index is 12.1. The third-order valence-electron chi connectivity index (χ3n) is 8.30. The number of aromatic nitrogens is 3. The van der Waals surface area contributed by atoms with Gasteiger partial charge in [0.05, 0.1) is 54.7 Å². The lowest BCUT2D eigenvalue weighted by Gasteiger charge is -2.43. The number of rotatable bonds is 8. The van der Waals surface area contributed by atoms with Crippen LogP contribution in [0, 0.1) is 0 Å². The number of anilines is 2. The second kappa shape index (κ2) is 12.8. The molecule has 3 aliphatic rings. The van der Waals surface area contributed by atoms with Gasteiger partial charge in [-0.2, -0.15) is 0 Å². The lowest BCUT2D eigenvalue weighted by Crippen LogP contribution is -2.53. The van der Waals surface area contributed by atoms with Gasteiger partial charge in [0, 0.05) is 56.1 Å². The van der Waals surface area contributed by atoms with Crippen molar-refractivity contribution < 1.29 is 22.6 Å². The smallest absolute Gasteiger partial charge is 0.238 e. The Morgan fingerprint density at radius 2 is 1.81 bits per heavy atom. The van der Waals surface area contributed by atoms with E-state index in [4.69, 9.17) is 24.2 Å². The number of sulfonamides is 1. The van der Waals surface area contributed by atoms with Gasteiger partial charge >= 0.3 is 0 Å². The normalized spacial score (nSPS) is 23.1. The minimum absolute atomic E-state index is 0.198. The van der Waals surface area contributed by atoms with Crippen LogP contribution in [0.1, 0.15) is 32.3 Å². The maximum Gasteiger partial charge on any atom is 0.238 e. The Bertz CT molecular complexity index is 1530. The Hall–Kier alpha value is -2.62. The van der Waals surface area contributed by atoms with Crippen LogP contribution in [0.5, 0.6) is 5.88 Å². The Morgan fingerprint density at radius 1 is 1.09 bits per heavy atom. The molecule has 0 radical (unpaired) electrons. The van der Waals surface area contributed by atoms with Crippen molar-refractivity contribution in [2.75, 3.05) is 75.5 Å². The first-order valence-electron chi connectivity index (χ1n) is 14.9. The Morgan fingerprint density at radius 3 is 2.49 bits per heavy atom. The van der Waals surface area contributed by atoms with Gasteiger partial charge in [0.15, 0.2) is 0 Å². The first kappa shape index (κ1) is 30.4. The fourth-order valence-electron chi connectivity index (χ4n) is 6.38. The average molecular weight is 632 g/mol. The number of hydrogen-bond acceptors (Lipinski definition) is 12. The SMILES string of the molecule is COc1ncc(-c2nc(N3CCOCC3)nc3c(CN4CCC(N5C[C@@H](C)O[C@@H](C)C5)CC4)csc23)cc1NS(C)(=O)=O. The number of ether oxygens (including phenoxy) is 3. The predicted molar refractivity (Wildman–Crippen MR) is 169 cm³/mol. The highest BCUT2D eigenvalue weighted by Crippen LogP contribution is 2.37. The number of likely N-dealkylation sites (tertiary alicyclic amines) is 1. The molecule has 0 unspecified atom stereocenters. The molecule has 3 saturated heterocycles. The van der Waals surface area contributed by atoms with Crippen molar-refractivity contribution in [1.29, 1.82) is 0 Å². The standard InChI is InChI=1S/C29H41N7O5S2/c1-19-15-36(16-20(2)41-19)23-5-7-34(8-6-23)17-22-18-42-27-25(31-29(32-26(22)27)35-9-11-40-12-10-35)21-13-24(33-43(4,37)38)28(39-3)30-14-21/h13-14,18-20,23,33H,5-12,15-17H2,1-4H3/t19-,20+. The minimum atomic E-state index is -3.54. The number of methoxy groups -OCH3 is 1. The van der Waals surface area contributed by atoms with Crippen LogP contribution >= 0.6 is 11.3 Å². The van der Waals surface area contributed by atoms with Gasteiger partial charge < -0.3 is 19.1 Å². The molecule has 14 heteroatoms. The molecule has 3 aromatic heterocycles. The number of fused-ring (bicyclic) bond motifs is 1. The Kier molecular flexibility index (Phi) is 9.04. The van der Waals surface area contributed by atoms with Crippen molar-refractivity contribution >= 4 is 43.2 Å². The lowest BCUT2D eigenvalue weighted by molar-refractivity contribution is -0.0865. The van der Waals surface area contributed by atoms with Crippen LogP contribution in [0.15, 0.2) is 17.6 Å². The zero-order valence-electron chi connectivity index (χ0n) is 25.3. The first-order chi connectivity index (χ1) is 20.7. The summed E-state index contributed by atoms with van der Waals surface area (Å²) in [6, 6.07) is 2.33. The van der Waals surface area contributed by atoms with Crippen LogP contribution in [-0.2, 0) is 26.0 Å². The number of morpholine rings is 2. The highest BCUT2D eigenvalue weighted by Gasteiger charge is 2.31. The molecular formula is C29H41N7O5S2. The summed E-state index contributed by atoms with van der Waals surface area (Å²) in [6.07, 6.45) is 5.65. The highest BCUT2D eigenvalue weighted by molar-refractivity contribution is 7.92. The molecule has 0 spiro atoms. The molecule has 1 N–H and O–H groups in total. The van der Waals surface area contributed by atoms with Gasteiger partial charge in [-0.3, -0.25) is 14.5 Å². The fourth-order valence-corrected chi connectivity index (χ4v) is 7.94. The summed E-state index contributed by atoms with van der Waals surface area (Å²) in [6.45, 7) is 11.9. The molecule has 6 heterocycles. The van der Waals surface area contributed by atoms with Gasteiger partial charge in [-0.05, 0) is 51.2 Å². The van der Waals surface area contributed by atoms with E-state index in [0.29, 0.717) is 43.9 Å². The molecule has 0 amide bonds. The molecule has 43 heavy (non-hydrogen) atoms. The number of hydrogen-bond donors (Lipinski definition) is 1. The highest BCUT2D eigenvalue weighted by atomic mass is 32.2. The van der Waals surface area contributed by atoms with E-state index in [9.17, 15) is 8.42 Å². The fraction of sp³-hybridized carbons (Fsp3) is 0.621. The summed E-state index contributed by atoms with van der Waals surface area (Å²) in [5.74, 6) is 0.845. The van der Waals surface area contributed by atoms with Crippen molar-refractivity contribution in [2.45, 2.75) is 51.5 Å². The third kappa shape index (κ3) is 7.04. The second-order valence-corrected chi connectivity index (χ2v) is 14.4. The molecule has 2 atom stereocenters. The van der Waals surface area contributed by atoms with Crippen molar-refractivity contribution in [3.63, 3.8) is 0 Å². The Labute approximate surface area is 257 Å². The monoisotopic (exact) mass is 631 g/mol. The second-order valence-electron chi connectivity index (χ2n) is 11.8. The molecule has 6 rings (SSSR count). The number of nitrogens with one attached hydrogen (secondary N) is 1. The summed E-state index contributed by atoms with van der Waals surface area (Å²) >= 11 is 1.62. The van der Waals surface area contributed by atoms with E-state index in [-0.39, 0.29) is 23.8 Å². The van der Waals surface area contributed by atoms with Crippen molar-refractivity contribution in [2.24, 2.45) is 0 Å². The van der Waals surface area contributed by atoms with E-state index in [1.807, 2.05) is 0 Å². The minimum Gasteiger partial charge on any atom is -0.480 e. The molecule has 3 aromatic rings. The molecule has 0 bridgehead atoms. The zero-order valence-corrected chi connectivity index (χ0v) is 26.9. The van der Waals surface area contributed by atoms with Crippen LogP contribution in [0.4, 0.5) is 11.6 Å². The van der Waals surface area contributed by atoms with Crippen molar-refractivity contribution in [3.8, 4) is 17.1 Å². The zero-order chi connectivity index (χ0) is 30.1. The van der Waals surface area contributed by atoms with Crippen molar-refractivity contribution in [3.05, 3.63) is 23.2 Å². The number of nitrogens with zero attached hydrogens (tertiary/aromatic N) is 6. The van der Waals surface area contributed by atoms with Gasteiger partial charge in [0.2, 0.25) is 21.9 Å². The molecule has 234 valence electrons. The number of pyridine rings is 1. The van der Waals surface area contributed by atoms with E-state index in [0.717, 1.165) is 67.7 Å². The average Bonchev–Trinajstić information content (AvgIpc) is 3.38. The largest absolute Gasteiger partial charge is 0.480 e. The molecular weight excluding hydrogens is 590 g/mol. The number of piperidine rings is 1. The number of thiophene rings is 1. The van der Waals surface area contributed by atoms with E-state index in [1.165, 1.54) is 12.7 Å². The van der Waals surface area contributed by atoms with Crippen molar-refractivity contribution in [1.82, 2.24) is 24.8 Å². The van der Waals surface area contributed by atoms with Crippen LogP contribution < -0.4 is 14.4 Å². The molecule has 0 aromatic carbocycles. The molecule has 3 aliphatic heterocycles. The topological polar surface area (TPSA) is 122 Å². The van der Waals surface area contributed by atoms with Gasteiger partial charge in [-0.25, -0.2) is 23.4 Å². The van der Waals surface area contributed by atoms with Crippen LogP contribution in [0.2, 0.25) is 0 Å². The van der Waals surface area contributed by atoms with Gasteiger partial charge in [0.25, 0.3) is 0 Å². The maximum atomic E-state index is 12.1. The third-order valence-corrected chi connectivity index (χ3v) is 9.91. The van der Waals surface area contributed by atoms with E-state index in [1.54, 1.807) is 23.6 Å². The summed E-state index contributed by atoms with van der Waals surface area (Å²) in [7, 11) is -2.08. The summed E-state index contributed by atoms with van der Waals surface area (Å²) in [4.78, 5) is 21.8. The molecule has 0 saturated carbocycles. The summed E-state index contributed by atoms with van der Waals surface area (Å²) < 4.78 is 44.5. The first-order valence-corrected chi connectivity index (χ1v) is 17.7.